The summed E-state index contributed by atoms with van der Waals surface area (Å²) in [6, 6.07) is 10.8. The fraction of sp³-hybridized carbons (Fsp3) is 0.444. The van der Waals surface area contributed by atoms with Crippen molar-refractivity contribution < 1.29 is 0 Å². The van der Waals surface area contributed by atoms with Crippen molar-refractivity contribution in [1.29, 1.82) is 0 Å². The van der Waals surface area contributed by atoms with Crippen LogP contribution in [0.2, 0.25) is 0 Å². The van der Waals surface area contributed by atoms with Crippen molar-refractivity contribution in [2.24, 2.45) is 10.4 Å². The summed E-state index contributed by atoms with van der Waals surface area (Å²) in [5.74, 6) is 1.85. The minimum atomic E-state index is 0.377. The molecule has 0 aliphatic heterocycles. The van der Waals surface area contributed by atoms with Gasteiger partial charge in [-0.25, -0.2) is 4.98 Å². The van der Waals surface area contributed by atoms with E-state index in [2.05, 4.69) is 51.2 Å². The number of nitrogens with one attached hydrogen (secondary N) is 2. The molecule has 23 heavy (non-hydrogen) atoms. The van der Waals surface area contributed by atoms with E-state index in [1.165, 1.54) is 6.42 Å². The van der Waals surface area contributed by atoms with Crippen LogP contribution in [-0.4, -0.2) is 41.0 Å². The second-order valence-electron chi connectivity index (χ2n) is 6.90. The van der Waals surface area contributed by atoms with Crippen molar-refractivity contribution in [3.05, 3.63) is 42.4 Å². The third-order valence-electron chi connectivity index (χ3n) is 4.49. The molecule has 5 heteroatoms. The first-order valence-corrected chi connectivity index (χ1v) is 8.03. The number of H-pyrrole nitrogens is 1. The zero-order valence-electron chi connectivity index (χ0n) is 14.3. The van der Waals surface area contributed by atoms with Crippen LogP contribution in [0.25, 0.3) is 11.3 Å². The summed E-state index contributed by atoms with van der Waals surface area (Å²) in [6.07, 6.45) is 3.08. The summed E-state index contributed by atoms with van der Waals surface area (Å²) in [5.41, 5.74) is 2.57. The van der Waals surface area contributed by atoms with Crippen molar-refractivity contribution in [2.45, 2.75) is 32.9 Å². The van der Waals surface area contributed by atoms with Gasteiger partial charge >= 0.3 is 0 Å². The highest BCUT2D eigenvalue weighted by molar-refractivity contribution is 5.80. The molecule has 1 aromatic heterocycles. The van der Waals surface area contributed by atoms with Gasteiger partial charge in [-0.15, -0.1) is 0 Å². The Balaban J connectivity index is 1.63. The molecule has 1 fully saturated rings. The van der Waals surface area contributed by atoms with Crippen LogP contribution in [0.5, 0.6) is 0 Å². The highest BCUT2D eigenvalue weighted by atomic mass is 15.3. The van der Waals surface area contributed by atoms with E-state index in [4.69, 9.17) is 0 Å². The van der Waals surface area contributed by atoms with Crippen molar-refractivity contribution >= 4 is 5.96 Å². The summed E-state index contributed by atoms with van der Waals surface area (Å²) in [6.45, 7) is 5.24. The van der Waals surface area contributed by atoms with Crippen LogP contribution in [0.15, 0.2) is 41.5 Å². The third kappa shape index (κ3) is 3.55. The fourth-order valence-electron chi connectivity index (χ4n) is 2.72. The first-order valence-electron chi connectivity index (χ1n) is 8.03. The molecule has 0 spiro atoms. The Morgan fingerprint density at radius 3 is 2.70 bits per heavy atom. The lowest BCUT2D eigenvalue weighted by molar-refractivity contribution is 0.456. The van der Waals surface area contributed by atoms with Crippen molar-refractivity contribution in [1.82, 2.24) is 20.2 Å². The number of benzene rings is 1. The summed E-state index contributed by atoms with van der Waals surface area (Å²) >= 11 is 0. The van der Waals surface area contributed by atoms with Crippen molar-refractivity contribution in [3.63, 3.8) is 0 Å². The van der Waals surface area contributed by atoms with Gasteiger partial charge in [0.15, 0.2) is 5.96 Å². The summed E-state index contributed by atoms with van der Waals surface area (Å²) < 4.78 is 0. The van der Waals surface area contributed by atoms with E-state index < -0.39 is 0 Å². The minimum absolute atomic E-state index is 0.377. The van der Waals surface area contributed by atoms with Crippen LogP contribution in [0.4, 0.5) is 0 Å². The number of aromatic nitrogens is 2. The molecule has 2 aromatic rings. The number of hydrogen-bond acceptors (Lipinski definition) is 2. The predicted molar refractivity (Wildman–Crippen MR) is 94.2 cm³/mol. The van der Waals surface area contributed by atoms with E-state index in [1.54, 1.807) is 0 Å². The molecule has 1 atom stereocenters. The highest BCUT2D eigenvalue weighted by Gasteiger charge is 2.46. The van der Waals surface area contributed by atoms with Crippen LogP contribution in [-0.2, 0) is 6.54 Å². The predicted octanol–water partition coefficient (Wildman–Crippen LogP) is 2.88. The SMILES string of the molecule is CN=C(NC1CC1(C)C)N(C)Cc1ncc(-c2ccccc2)[nH]1. The molecular formula is C18H25N5. The first-order chi connectivity index (χ1) is 11.0. The average Bonchev–Trinajstić information content (AvgIpc) is 2.94. The van der Waals surface area contributed by atoms with Gasteiger partial charge in [0.1, 0.15) is 5.82 Å². The first kappa shape index (κ1) is 15.6. The van der Waals surface area contributed by atoms with E-state index in [0.717, 1.165) is 23.0 Å². The van der Waals surface area contributed by atoms with Crippen LogP contribution in [0.3, 0.4) is 0 Å². The quantitative estimate of drug-likeness (QED) is 0.674. The molecule has 1 heterocycles. The Hall–Kier alpha value is -2.30. The van der Waals surface area contributed by atoms with Gasteiger partial charge in [0, 0.05) is 20.1 Å². The van der Waals surface area contributed by atoms with Gasteiger partial charge < -0.3 is 15.2 Å². The zero-order chi connectivity index (χ0) is 16.4. The number of aromatic amines is 1. The molecule has 1 saturated carbocycles. The number of aliphatic imine (C=N–C) groups is 1. The monoisotopic (exact) mass is 311 g/mol. The Bertz CT molecular complexity index is 686. The summed E-state index contributed by atoms with van der Waals surface area (Å²) in [7, 11) is 3.86. The largest absolute Gasteiger partial charge is 0.353 e. The Labute approximate surface area is 137 Å². The van der Waals surface area contributed by atoms with Gasteiger partial charge in [-0.3, -0.25) is 4.99 Å². The molecule has 1 aliphatic rings. The van der Waals surface area contributed by atoms with Gasteiger partial charge in [0.05, 0.1) is 18.4 Å². The Morgan fingerprint density at radius 2 is 2.09 bits per heavy atom. The van der Waals surface area contributed by atoms with Crippen LogP contribution in [0, 0.1) is 5.41 Å². The molecule has 3 rings (SSSR count). The summed E-state index contributed by atoms with van der Waals surface area (Å²) in [5, 5.41) is 3.52. The van der Waals surface area contributed by atoms with Gasteiger partial charge in [-0.1, -0.05) is 44.2 Å². The van der Waals surface area contributed by atoms with Gasteiger partial charge in [0.2, 0.25) is 0 Å². The molecule has 1 aliphatic carbocycles. The highest BCUT2D eigenvalue weighted by Crippen LogP contribution is 2.44. The fourth-order valence-corrected chi connectivity index (χ4v) is 2.72. The molecule has 0 bridgehead atoms. The molecule has 0 saturated heterocycles. The number of imidazole rings is 1. The molecule has 1 aromatic carbocycles. The maximum Gasteiger partial charge on any atom is 0.194 e. The van der Waals surface area contributed by atoms with E-state index >= 15 is 0 Å². The third-order valence-corrected chi connectivity index (χ3v) is 4.49. The molecule has 0 radical (unpaired) electrons. The topological polar surface area (TPSA) is 56.3 Å². The van der Waals surface area contributed by atoms with E-state index in [0.29, 0.717) is 18.0 Å². The van der Waals surface area contributed by atoms with Gasteiger partial charge in [-0.2, -0.15) is 0 Å². The maximum absolute atomic E-state index is 4.49. The maximum atomic E-state index is 4.49. The average molecular weight is 311 g/mol. The van der Waals surface area contributed by atoms with Gasteiger partial charge in [0.25, 0.3) is 0 Å². The van der Waals surface area contributed by atoms with Crippen LogP contribution in [0.1, 0.15) is 26.1 Å². The second-order valence-corrected chi connectivity index (χ2v) is 6.90. The normalized spacial score (nSPS) is 19.5. The van der Waals surface area contributed by atoms with Gasteiger partial charge in [-0.05, 0) is 17.4 Å². The Kier molecular flexibility index (Phi) is 4.11. The molecule has 5 nitrogen and oxygen atoms in total. The molecule has 1 unspecified atom stereocenters. The Morgan fingerprint density at radius 1 is 1.39 bits per heavy atom. The molecular weight excluding hydrogens is 286 g/mol. The lowest BCUT2D eigenvalue weighted by Gasteiger charge is -2.21. The second kappa shape index (κ2) is 6.07. The summed E-state index contributed by atoms with van der Waals surface area (Å²) in [4.78, 5) is 14.4. The smallest absolute Gasteiger partial charge is 0.194 e. The van der Waals surface area contributed by atoms with Crippen molar-refractivity contribution in [2.75, 3.05) is 14.1 Å². The van der Waals surface area contributed by atoms with E-state index in [-0.39, 0.29) is 0 Å². The van der Waals surface area contributed by atoms with Crippen LogP contribution < -0.4 is 5.32 Å². The van der Waals surface area contributed by atoms with Crippen molar-refractivity contribution in [3.8, 4) is 11.3 Å². The zero-order valence-corrected chi connectivity index (χ0v) is 14.3. The lowest BCUT2D eigenvalue weighted by atomic mass is 10.2. The van der Waals surface area contributed by atoms with E-state index in [9.17, 15) is 0 Å². The molecule has 122 valence electrons. The molecule has 0 amide bonds. The number of guanidine groups is 1. The number of nitrogens with zero attached hydrogens (tertiary/aromatic N) is 3. The van der Waals surface area contributed by atoms with E-state index in [1.807, 2.05) is 38.5 Å². The number of rotatable bonds is 4. The standard InChI is InChI=1S/C18H25N5/c1-18(2)10-15(18)22-17(19-3)23(4)12-16-20-11-14(21-16)13-8-6-5-7-9-13/h5-9,11,15H,10,12H2,1-4H3,(H,19,22)(H,20,21). The molecule has 2 N–H and O–H groups in total. The minimum Gasteiger partial charge on any atom is -0.353 e. The van der Waals surface area contributed by atoms with Crippen LogP contribution >= 0.6 is 0 Å². The number of hydrogen-bond donors (Lipinski definition) is 2. The lowest BCUT2D eigenvalue weighted by Crippen LogP contribution is -2.40.